The largest absolute Gasteiger partial charge is 0.467 e. The van der Waals surface area contributed by atoms with Gasteiger partial charge in [-0.1, -0.05) is 31.4 Å². The number of benzene rings is 1. The third kappa shape index (κ3) is 7.72. The van der Waals surface area contributed by atoms with Crippen LogP contribution in [0, 0.1) is 5.92 Å². The Kier molecular flexibility index (Phi) is 10.0. The maximum atomic E-state index is 12.5. The number of carbonyl (C=O) groups excluding carboxylic acids is 1. The van der Waals surface area contributed by atoms with Gasteiger partial charge in [0.25, 0.3) is 0 Å². The summed E-state index contributed by atoms with van der Waals surface area (Å²) in [5, 5.41) is 9.57. The predicted molar refractivity (Wildman–Crippen MR) is 127 cm³/mol. The van der Waals surface area contributed by atoms with Crippen molar-refractivity contribution in [1.29, 1.82) is 0 Å². The lowest BCUT2D eigenvalue weighted by Crippen LogP contribution is -2.36. The normalized spacial score (nSPS) is 14.7. The number of rotatable bonds is 7. The molecule has 0 bridgehead atoms. The molecule has 1 fully saturated rings. The van der Waals surface area contributed by atoms with Crippen molar-refractivity contribution < 1.29 is 9.21 Å². The summed E-state index contributed by atoms with van der Waals surface area (Å²) in [5.74, 6) is 1.89. The monoisotopic (exact) mass is 510 g/mol. The zero-order chi connectivity index (χ0) is 19.6. The standard InChI is InChI=1S/C22H30N4O2.HI/c1-2-23-22(25-16-20-12-7-13-28-20)24-15-17-8-6-11-19(14-17)26-21(27)18-9-4-3-5-10-18;/h6-8,11-14,18H,2-5,9-10,15-16H2,1H3,(H,26,27)(H2,23,24,25);1H. The van der Waals surface area contributed by atoms with Crippen LogP contribution >= 0.6 is 24.0 Å². The molecule has 0 radical (unpaired) electrons. The Balaban J connectivity index is 0.00000300. The molecule has 1 aliphatic rings. The Labute approximate surface area is 190 Å². The first-order valence-corrected chi connectivity index (χ1v) is 10.2. The minimum absolute atomic E-state index is 0. The molecule has 3 rings (SSSR count). The highest BCUT2D eigenvalue weighted by Crippen LogP contribution is 2.25. The zero-order valence-corrected chi connectivity index (χ0v) is 19.3. The molecule has 7 heteroatoms. The molecular weight excluding hydrogens is 479 g/mol. The zero-order valence-electron chi connectivity index (χ0n) is 16.9. The van der Waals surface area contributed by atoms with Crippen molar-refractivity contribution in [3.63, 3.8) is 0 Å². The molecule has 1 aromatic heterocycles. The van der Waals surface area contributed by atoms with Crippen molar-refractivity contribution in [3.8, 4) is 0 Å². The van der Waals surface area contributed by atoms with Crippen LogP contribution in [-0.2, 0) is 17.9 Å². The first-order valence-electron chi connectivity index (χ1n) is 10.2. The van der Waals surface area contributed by atoms with Gasteiger partial charge in [-0.05, 0) is 49.6 Å². The molecule has 1 aliphatic carbocycles. The molecule has 1 heterocycles. The number of aliphatic imine (C=N–C) groups is 1. The van der Waals surface area contributed by atoms with E-state index in [1.807, 2.05) is 43.3 Å². The molecule has 1 aromatic carbocycles. The molecule has 158 valence electrons. The summed E-state index contributed by atoms with van der Waals surface area (Å²) in [5.41, 5.74) is 1.90. The van der Waals surface area contributed by atoms with Crippen LogP contribution < -0.4 is 16.0 Å². The third-order valence-electron chi connectivity index (χ3n) is 4.94. The van der Waals surface area contributed by atoms with Gasteiger partial charge in [-0.3, -0.25) is 4.79 Å². The topological polar surface area (TPSA) is 78.7 Å². The molecular formula is C22H31IN4O2. The van der Waals surface area contributed by atoms with Gasteiger partial charge in [0, 0.05) is 18.2 Å². The molecule has 2 aromatic rings. The number of hydrogen-bond donors (Lipinski definition) is 3. The number of nitrogens with zero attached hydrogens (tertiary/aromatic N) is 1. The van der Waals surface area contributed by atoms with Crippen LogP contribution in [-0.4, -0.2) is 18.4 Å². The van der Waals surface area contributed by atoms with Gasteiger partial charge in [-0.25, -0.2) is 4.99 Å². The third-order valence-corrected chi connectivity index (χ3v) is 4.94. The maximum Gasteiger partial charge on any atom is 0.227 e. The Morgan fingerprint density at radius 1 is 1.14 bits per heavy atom. The minimum Gasteiger partial charge on any atom is -0.467 e. The van der Waals surface area contributed by atoms with E-state index in [1.165, 1.54) is 6.42 Å². The Morgan fingerprint density at radius 2 is 1.97 bits per heavy atom. The lowest BCUT2D eigenvalue weighted by atomic mass is 9.88. The van der Waals surface area contributed by atoms with Crippen LogP contribution in [0.25, 0.3) is 0 Å². The summed E-state index contributed by atoms with van der Waals surface area (Å²) in [6.07, 6.45) is 7.23. The number of nitrogens with one attached hydrogen (secondary N) is 3. The molecule has 0 saturated heterocycles. The van der Waals surface area contributed by atoms with Crippen molar-refractivity contribution in [2.75, 3.05) is 11.9 Å². The van der Waals surface area contributed by atoms with E-state index in [0.717, 1.165) is 55.2 Å². The number of carbonyl (C=O) groups is 1. The molecule has 1 saturated carbocycles. The number of furan rings is 1. The number of hydrogen-bond acceptors (Lipinski definition) is 3. The molecule has 29 heavy (non-hydrogen) atoms. The summed E-state index contributed by atoms with van der Waals surface area (Å²) in [4.78, 5) is 17.1. The van der Waals surface area contributed by atoms with Gasteiger partial charge in [-0.2, -0.15) is 0 Å². The number of amides is 1. The lowest BCUT2D eigenvalue weighted by Gasteiger charge is -2.20. The highest BCUT2D eigenvalue weighted by molar-refractivity contribution is 14.0. The van der Waals surface area contributed by atoms with Crippen LogP contribution in [0.15, 0.2) is 52.1 Å². The van der Waals surface area contributed by atoms with Crippen LogP contribution in [0.4, 0.5) is 5.69 Å². The molecule has 0 spiro atoms. The van der Waals surface area contributed by atoms with E-state index >= 15 is 0 Å². The first-order chi connectivity index (χ1) is 13.7. The second-order valence-electron chi connectivity index (χ2n) is 7.15. The summed E-state index contributed by atoms with van der Waals surface area (Å²) >= 11 is 0. The average molecular weight is 510 g/mol. The van der Waals surface area contributed by atoms with Gasteiger partial charge in [0.15, 0.2) is 5.96 Å². The van der Waals surface area contributed by atoms with E-state index in [9.17, 15) is 4.79 Å². The quantitative estimate of drug-likeness (QED) is 0.288. The molecule has 6 nitrogen and oxygen atoms in total. The van der Waals surface area contributed by atoms with Crippen molar-refractivity contribution >= 4 is 41.5 Å². The Morgan fingerprint density at radius 3 is 2.69 bits per heavy atom. The van der Waals surface area contributed by atoms with E-state index in [1.54, 1.807) is 6.26 Å². The molecule has 0 aliphatic heterocycles. The minimum atomic E-state index is 0. The van der Waals surface area contributed by atoms with Crippen LogP contribution in [0.2, 0.25) is 0 Å². The molecule has 0 atom stereocenters. The number of halogens is 1. The van der Waals surface area contributed by atoms with Crippen molar-refractivity contribution in [2.24, 2.45) is 10.9 Å². The number of guanidine groups is 1. The SMILES string of the molecule is CCNC(=NCc1cccc(NC(=O)C2CCCCC2)c1)NCc1ccco1.I. The molecule has 1 amide bonds. The summed E-state index contributed by atoms with van der Waals surface area (Å²) < 4.78 is 5.34. The maximum absolute atomic E-state index is 12.5. The summed E-state index contributed by atoms with van der Waals surface area (Å²) in [7, 11) is 0. The van der Waals surface area contributed by atoms with Gasteiger partial charge in [-0.15, -0.1) is 24.0 Å². The summed E-state index contributed by atoms with van der Waals surface area (Å²) in [6.45, 7) is 3.92. The fourth-order valence-corrected chi connectivity index (χ4v) is 3.45. The second-order valence-corrected chi connectivity index (χ2v) is 7.15. The molecule has 3 N–H and O–H groups in total. The highest BCUT2D eigenvalue weighted by atomic mass is 127. The fraction of sp³-hybridized carbons (Fsp3) is 0.455. The first kappa shape index (κ1) is 23.3. The summed E-state index contributed by atoms with van der Waals surface area (Å²) in [6, 6.07) is 11.7. The van der Waals surface area contributed by atoms with Crippen molar-refractivity contribution in [2.45, 2.75) is 52.1 Å². The van der Waals surface area contributed by atoms with E-state index in [0.29, 0.717) is 13.1 Å². The lowest BCUT2D eigenvalue weighted by molar-refractivity contribution is -0.120. The van der Waals surface area contributed by atoms with Crippen LogP contribution in [0.3, 0.4) is 0 Å². The van der Waals surface area contributed by atoms with Crippen molar-refractivity contribution in [3.05, 3.63) is 54.0 Å². The van der Waals surface area contributed by atoms with Crippen LogP contribution in [0.5, 0.6) is 0 Å². The van der Waals surface area contributed by atoms with Gasteiger partial charge in [0.2, 0.25) is 5.91 Å². The van der Waals surface area contributed by atoms with Gasteiger partial charge in [0.05, 0.1) is 19.4 Å². The second kappa shape index (κ2) is 12.5. The van der Waals surface area contributed by atoms with E-state index in [4.69, 9.17) is 4.42 Å². The van der Waals surface area contributed by atoms with Crippen molar-refractivity contribution in [1.82, 2.24) is 10.6 Å². The van der Waals surface area contributed by atoms with Gasteiger partial charge < -0.3 is 20.4 Å². The Bertz CT molecular complexity index is 771. The van der Waals surface area contributed by atoms with Crippen LogP contribution in [0.1, 0.15) is 50.4 Å². The Hall–Kier alpha value is -2.03. The van der Waals surface area contributed by atoms with E-state index in [2.05, 4.69) is 20.9 Å². The van der Waals surface area contributed by atoms with Gasteiger partial charge in [0.1, 0.15) is 5.76 Å². The highest BCUT2D eigenvalue weighted by Gasteiger charge is 2.20. The van der Waals surface area contributed by atoms with E-state index in [-0.39, 0.29) is 35.8 Å². The predicted octanol–water partition coefficient (Wildman–Crippen LogP) is 4.67. The smallest absolute Gasteiger partial charge is 0.227 e. The fourth-order valence-electron chi connectivity index (χ4n) is 3.45. The molecule has 0 unspecified atom stereocenters. The average Bonchev–Trinajstić information content (AvgIpc) is 3.25. The number of anilines is 1. The van der Waals surface area contributed by atoms with Gasteiger partial charge >= 0.3 is 0 Å². The van der Waals surface area contributed by atoms with E-state index < -0.39 is 0 Å².